The number of hydrogen-bond acceptors (Lipinski definition) is 5. The number of carbonyl (C=O) groups excluding carboxylic acids is 1. The van der Waals surface area contributed by atoms with Crippen LogP contribution in [0.2, 0.25) is 36.3 Å². The zero-order valence-corrected chi connectivity index (χ0v) is 26.7. The van der Waals surface area contributed by atoms with Crippen LogP contribution in [0.4, 0.5) is 4.79 Å². The van der Waals surface area contributed by atoms with Crippen LogP contribution in [-0.2, 0) is 13.6 Å². The number of ether oxygens (including phenoxy) is 1. The molecule has 0 radical (unpaired) electrons. The van der Waals surface area contributed by atoms with Gasteiger partial charge in [0.25, 0.3) is 0 Å². The van der Waals surface area contributed by atoms with Crippen molar-refractivity contribution in [3.63, 3.8) is 0 Å². The Hall–Kier alpha value is -0.416. The highest BCUT2D eigenvalue weighted by Gasteiger charge is 2.38. The molecule has 1 fully saturated rings. The van der Waals surface area contributed by atoms with Gasteiger partial charge >= 0.3 is 6.09 Å². The lowest BCUT2D eigenvalue weighted by Crippen LogP contribution is -2.44. The van der Waals surface area contributed by atoms with E-state index in [9.17, 15) is 9.90 Å². The van der Waals surface area contributed by atoms with E-state index in [4.69, 9.17) is 13.6 Å². The molecular weight excluding hydrogens is 462 g/mol. The van der Waals surface area contributed by atoms with Crippen molar-refractivity contribution in [2.45, 2.75) is 136 Å². The van der Waals surface area contributed by atoms with Crippen LogP contribution in [0.5, 0.6) is 0 Å². The summed E-state index contributed by atoms with van der Waals surface area (Å²) in [5, 5.41) is 12.5. The van der Waals surface area contributed by atoms with Crippen molar-refractivity contribution in [2.24, 2.45) is 5.92 Å². The van der Waals surface area contributed by atoms with Crippen LogP contribution < -0.4 is 5.32 Å². The standard InChI is InChI=1S/C15H33NO4Si.C11H24OSi/c1-14(2,3)20-13(18)16-12(11-17)9-10-19-21(7,8)15(4,5)6;1-11(2,3)13(4,5)12-9-8-10-6-7-10/h12,17H,9-11H2,1-8H3,(H,16,18);10H,6-9H2,1-5H3/t12-;/m0./s1. The summed E-state index contributed by atoms with van der Waals surface area (Å²) in [7, 11) is -3.23. The number of aliphatic hydroxyl groups is 1. The molecule has 1 atom stereocenters. The summed E-state index contributed by atoms with van der Waals surface area (Å²) in [4.78, 5) is 11.7. The van der Waals surface area contributed by atoms with Crippen LogP contribution in [0.1, 0.15) is 88.0 Å². The molecule has 8 heteroatoms. The normalized spacial score (nSPS) is 16.4. The molecule has 0 bridgehead atoms. The van der Waals surface area contributed by atoms with Gasteiger partial charge in [0.05, 0.1) is 12.6 Å². The Morgan fingerprint density at radius 3 is 1.68 bits per heavy atom. The monoisotopic (exact) mass is 519 g/mol. The Kier molecular flexibility index (Phi) is 13.1. The number of carbonyl (C=O) groups is 1. The fourth-order valence-corrected chi connectivity index (χ4v) is 4.58. The molecule has 0 aliphatic heterocycles. The number of rotatable bonds is 10. The van der Waals surface area contributed by atoms with Crippen LogP contribution in [0.25, 0.3) is 0 Å². The van der Waals surface area contributed by atoms with E-state index in [0.717, 1.165) is 12.5 Å². The lowest BCUT2D eigenvalue weighted by Gasteiger charge is -2.36. The summed E-state index contributed by atoms with van der Waals surface area (Å²) < 4.78 is 17.3. The predicted molar refractivity (Wildman–Crippen MR) is 148 cm³/mol. The van der Waals surface area contributed by atoms with Gasteiger partial charge in [-0.3, -0.25) is 0 Å². The van der Waals surface area contributed by atoms with Crippen LogP contribution in [-0.4, -0.2) is 59.3 Å². The Bertz CT molecular complexity index is 600. The third-order valence-corrected chi connectivity index (χ3v) is 16.2. The smallest absolute Gasteiger partial charge is 0.407 e. The number of alkyl carbamates (subject to hydrolysis) is 1. The fourth-order valence-electron chi connectivity index (χ4n) is 2.46. The second-order valence-electron chi connectivity index (χ2n) is 13.8. The lowest BCUT2D eigenvalue weighted by molar-refractivity contribution is 0.0473. The van der Waals surface area contributed by atoms with Crippen LogP contribution in [0, 0.1) is 5.92 Å². The highest BCUT2D eigenvalue weighted by molar-refractivity contribution is 6.74. The number of amides is 1. The van der Waals surface area contributed by atoms with Gasteiger partial charge in [-0.25, -0.2) is 4.79 Å². The largest absolute Gasteiger partial charge is 0.444 e. The van der Waals surface area contributed by atoms with Gasteiger partial charge in [0, 0.05) is 13.2 Å². The van der Waals surface area contributed by atoms with E-state index in [0.29, 0.717) is 18.1 Å². The quantitative estimate of drug-likeness (QED) is 0.301. The molecule has 1 aliphatic rings. The molecule has 1 amide bonds. The topological polar surface area (TPSA) is 77.0 Å². The molecule has 0 aromatic rings. The zero-order chi connectivity index (χ0) is 27.0. The second-order valence-corrected chi connectivity index (χ2v) is 23.4. The van der Waals surface area contributed by atoms with Crippen LogP contribution in [0.3, 0.4) is 0 Å². The summed E-state index contributed by atoms with van der Waals surface area (Å²) in [6.07, 6.45) is 4.25. The van der Waals surface area contributed by atoms with Gasteiger partial charge in [-0.2, -0.15) is 0 Å². The first kappa shape index (κ1) is 33.6. The van der Waals surface area contributed by atoms with Crippen molar-refractivity contribution >= 4 is 22.7 Å². The van der Waals surface area contributed by atoms with Crippen molar-refractivity contribution in [3.8, 4) is 0 Å². The van der Waals surface area contributed by atoms with Crippen molar-refractivity contribution < 1.29 is 23.5 Å². The molecule has 2 N–H and O–H groups in total. The van der Waals surface area contributed by atoms with Gasteiger partial charge in [-0.1, -0.05) is 54.4 Å². The number of aliphatic hydroxyl groups excluding tert-OH is 1. The Morgan fingerprint density at radius 2 is 1.32 bits per heavy atom. The molecule has 34 heavy (non-hydrogen) atoms. The maximum absolute atomic E-state index is 11.7. The van der Waals surface area contributed by atoms with E-state index in [2.05, 4.69) is 73.0 Å². The maximum atomic E-state index is 11.7. The maximum Gasteiger partial charge on any atom is 0.407 e. The summed E-state index contributed by atoms with van der Waals surface area (Å²) in [5.41, 5.74) is -0.540. The lowest BCUT2D eigenvalue weighted by atomic mass is 10.2. The van der Waals surface area contributed by atoms with Crippen molar-refractivity contribution in [1.82, 2.24) is 5.32 Å². The van der Waals surface area contributed by atoms with E-state index >= 15 is 0 Å². The van der Waals surface area contributed by atoms with Gasteiger partial charge in [-0.05, 0) is 75.8 Å². The van der Waals surface area contributed by atoms with Gasteiger partial charge in [0.1, 0.15) is 5.60 Å². The Labute approximate surface area is 213 Å². The molecule has 1 aliphatic carbocycles. The van der Waals surface area contributed by atoms with Crippen molar-refractivity contribution in [1.29, 1.82) is 0 Å². The molecule has 1 saturated carbocycles. The third-order valence-electron chi connectivity index (χ3n) is 7.17. The summed E-state index contributed by atoms with van der Waals surface area (Å²) in [5.74, 6) is 1.00. The van der Waals surface area contributed by atoms with E-state index in [1.165, 1.54) is 19.3 Å². The second kappa shape index (κ2) is 13.2. The summed E-state index contributed by atoms with van der Waals surface area (Å²) >= 11 is 0. The molecule has 0 heterocycles. The summed E-state index contributed by atoms with van der Waals surface area (Å²) in [6, 6.07) is -0.343. The van der Waals surface area contributed by atoms with E-state index < -0.39 is 28.3 Å². The van der Waals surface area contributed by atoms with E-state index in [1.807, 2.05) is 0 Å². The minimum atomic E-state index is -1.79. The highest BCUT2D eigenvalue weighted by atomic mass is 28.4. The van der Waals surface area contributed by atoms with Crippen LogP contribution >= 0.6 is 0 Å². The summed E-state index contributed by atoms with van der Waals surface area (Å²) in [6.45, 7) is 29.3. The highest BCUT2D eigenvalue weighted by Crippen LogP contribution is 2.38. The molecule has 0 aromatic carbocycles. The van der Waals surface area contributed by atoms with Gasteiger partial charge < -0.3 is 24.0 Å². The average molecular weight is 520 g/mol. The van der Waals surface area contributed by atoms with Gasteiger partial charge in [-0.15, -0.1) is 0 Å². The number of nitrogens with one attached hydrogen (secondary N) is 1. The first-order chi connectivity index (χ1) is 15.1. The van der Waals surface area contributed by atoms with Crippen molar-refractivity contribution in [2.75, 3.05) is 19.8 Å². The molecule has 0 aromatic heterocycles. The Balaban J connectivity index is 0.000000712. The molecule has 0 saturated heterocycles. The molecule has 0 unspecified atom stereocenters. The number of hydrogen-bond donors (Lipinski definition) is 2. The third kappa shape index (κ3) is 14.2. The molecule has 1 rings (SSSR count). The molecular formula is C26H57NO5Si2. The Morgan fingerprint density at radius 1 is 0.882 bits per heavy atom. The molecule has 6 nitrogen and oxygen atoms in total. The zero-order valence-electron chi connectivity index (χ0n) is 24.7. The minimum Gasteiger partial charge on any atom is -0.444 e. The predicted octanol–water partition coefficient (Wildman–Crippen LogP) is 7.09. The van der Waals surface area contributed by atoms with Gasteiger partial charge in [0.15, 0.2) is 16.6 Å². The molecule has 0 spiro atoms. The van der Waals surface area contributed by atoms with E-state index in [-0.39, 0.29) is 17.7 Å². The SMILES string of the molecule is CC(C)(C)OC(=O)N[C@H](CO)CCO[Si](C)(C)C(C)(C)C.CC(C)(C)[Si](C)(C)OCCC1CC1. The van der Waals surface area contributed by atoms with Crippen LogP contribution in [0.15, 0.2) is 0 Å². The first-order valence-corrected chi connectivity index (χ1v) is 18.8. The van der Waals surface area contributed by atoms with E-state index in [1.54, 1.807) is 20.8 Å². The van der Waals surface area contributed by atoms with Crippen molar-refractivity contribution in [3.05, 3.63) is 0 Å². The first-order valence-electron chi connectivity index (χ1n) is 13.0. The average Bonchev–Trinajstić information content (AvgIpc) is 3.42. The fraction of sp³-hybridized carbons (Fsp3) is 0.962. The van der Waals surface area contributed by atoms with Gasteiger partial charge in [0.2, 0.25) is 0 Å². The molecule has 204 valence electrons. The minimum absolute atomic E-state index is 0.125.